The first kappa shape index (κ1) is 24.6. The number of aliphatic hydroxyl groups excluding tert-OH is 1. The maximum Gasteiger partial charge on any atom is 0.240 e. The number of hydrogen-bond acceptors (Lipinski definition) is 8. The number of hydrogen-bond donors (Lipinski definition) is 2. The molecule has 6 rings (SSSR count). The summed E-state index contributed by atoms with van der Waals surface area (Å²) in [6.45, 7) is 8.33. The number of aryl methyl sites for hydroxylation is 2. The highest BCUT2D eigenvalue weighted by molar-refractivity contribution is 5.92. The Bertz CT molecular complexity index is 1500. The van der Waals surface area contributed by atoms with Crippen LogP contribution in [0.4, 0.5) is 0 Å². The number of nitrogens with one attached hydrogen (secondary N) is 1. The first-order valence-electron chi connectivity index (χ1n) is 13.3. The van der Waals surface area contributed by atoms with E-state index in [4.69, 9.17) is 19.6 Å². The molecule has 0 radical (unpaired) electrons. The van der Waals surface area contributed by atoms with Crippen LogP contribution in [0.15, 0.2) is 12.3 Å². The SMILES string of the molecule is CCOc1nn(CCO)c2c1/C=C/c1n[nH]c3cnc(cc13)-c1c(C)nn(C)c1O[C@@H](C)CN(C1CC1)C2. The van der Waals surface area contributed by atoms with Gasteiger partial charge in [-0.1, -0.05) is 0 Å². The van der Waals surface area contributed by atoms with Crippen molar-refractivity contribution in [2.24, 2.45) is 7.05 Å². The van der Waals surface area contributed by atoms with E-state index >= 15 is 0 Å². The number of pyridine rings is 1. The van der Waals surface area contributed by atoms with Crippen LogP contribution in [0.2, 0.25) is 0 Å². The molecule has 0 saturated heterocycles. The molecule has 4 aromatic rings. The maximum absolute atomic E-state index is 9.79. The van der Waals surface area contributed by atoms with Crippen LogP contribution < -0.4 is 9.47 Å². The van der Waals surface area contributed by atoms with Gasteiger partial charge in [-0.25, -0.2) is 4.68 Å². The molecule has 5 heterocycles. The largest absolute Gasteiger partial charge is 0.476 e. The summed E-state index contributed by atoms with van der Waals surface area (Å²) in [5, 5.41) is 27.8. The molecule has 200 valence electrons. The summed E-state index contributed by atoms with van der Waals surface area (Å²) in [5.41, 5.74) is 6.10. The Labute approximate surface area is 221 Å². The smallest absolute Gasteiger partial charge is 0.240 e. The molecular formula is C27H34N8O3. The van der Waals surface area contributed by atoms with E-state index in [1.54, 1.807) is 10.9 Å². The lowest BCUT2D eigenvalue weighted by Crippen LogP contribution is -2.36. The van der Waals surface area contributed by atoms with Crippen LogP contribution in [0.25, 0.3) is 34.3 Å². The summed E-state index contributed by atoms with van der Waals surface area (Å²) in [7, 11) is 1.91. The van der Waals surface area contributed by atoms with Gasteiger partial charge in [-0.2, -0.15) is 10.2 Å². The number of aromatic nitrogens is 7. The van der Waals surface area contributed by atoms with Crippen molar-refractivity contribution >= 4 is 23.1 Å². The maximum atomic E-state index is 9.79. The average Bonchev–Trinajstić information content (AvgIpc) is 3.51. The number of ether oxygens (including phenoxy) is 2. The van der Waals surface area contributed by atoms with Gasteiger partial charge in [0, 0.05) is 31.6 Å². The van der Waals surface area contributed by atoms with Crippen LogP contribution in [0.3, 0.4) is 0 Å². The standard InChI is InChI=1S/C27H34N8O3/c1-5-37-26-19-8-9-21-20-12-22(28-13-23(20)30-29-21)25-17(3)31-33(4)27(25)38-16(2)14-34(18-6-7-18)15-24(19)35(32-26)10-11-36/h8-9,12-13,16,18,36H,5-7,10-11,14-15H2,1-4H3,(H,29,30)/b9-8+/t16-/m0/s1. The number of rotatable bonds is 5. The molecule has 11 heteroatoms. The summed E-state index contributed by atoms with van der Waals surface area (Å²) in [5.74, 6) is 1.27. The van der Waals surface area contributed by atoms with Gasteiger partial charge in [0.2, 0.25) is 11.8 Å². The molecule has 4 aromatic heterocycles. The summed E-state index contributed by atoms with van der Waals surface area (Å²) >= 11 is 0. The zero-order chi connectivity index (χ0) is 26.4. The van der Waals surface area contributed by atoms with Gasteiger partial charge in [0.1, 0.15) is 6.10 Å². The molecule has 1 aliphatic heterocycles. The second-order valence-corrected chi connectivity index (χ2v) is 10.1. The summed E-state index contributed by atoms with van der Waals surface area (Å²) in [6, 6.07) is 2.52. The fraction of sp³-hybridized carbons (Fsp3) is 0.481. The van der Waals surface area contributed by atoms with Crippen LogP contribution in [0.5, 0.6) is 11.8 Å². The van der Waals surface area contributed by atoms with Gasteiger partial charge in [-0.15, -0.1) is 5.10 Å². The normalized spacial score (nSPS) is 19.0. The second kappa shape index (κ2) is 9.88. The van der Waals surface area contributed by atoms with Gasteiger partial charge < -0.3 is 14.6 Å². The highest BCUT2D eigenvalue weighted by Gasteiger charge is 2.33. The van der Waals surface area contributed by atoms with Gasteiger partial charge in [0.15, 0.2) is 0 Å². The molecule has 1 aliphatic carbocycles. The Morgan fingerprint density at radius 1 is 1.24 bits per heavy atom. The Hall–Kier alpha value is -3.70. The third-order valence-electron chi connectivity index (χ3n) is 7.19. The van der Waals surface area contributed by atoms with Crippen molar-refractivity contribution in [1.29, 1.82) is 0 Å². The topological polar surface area (TPSA) is 119 Å². The molecule has 0 spiro atoms. The van der Waals surface area contributed by atoms with Gasteiger partial charge in [0.25, 0.3) is 0 Å². The third kappa shape index (κ3) is 4.45. The second-order valence-electron chi connectivity index (χ2n) is 10.1. The van der Waals surface area contributed by atoms with Crippen molar-refractivity contribution < 1.29 is 14.6 Å². The van der Waals surface area contributed by atoms with Crippen molar-refractivity contribution in [1.82, 2.24) is 39.6 Å². The highest BCUT2D eigenvalue weighted by atomic mass is 16.5. The Kier molecular flexibility index (Phi) is 6.40. The van der Waals surface area contributed by atoms with E-state index in [-0.39, 0.29) is 12.7 Å². The molecule has 0 unspecified atom stereocenters. The molecular weight excluding hydrogens is 484 g/mol. The Morgan fingerprint density at radius 2 is 2.08 bits per heavy atom. The summed E-state index contributed by atoms with van der Waals surface area (Å²) in [6.07, 6.45) is 8.04. The molecule has 1 fully saturated rings. The van der Waals surface area contributed by atoms with Gasteiger partial charge in [0.05, 0.1) is 65.4 Å². The van der Waals surface area contributed by atoms with Gasteiger partial charge in [-0.05, 0) is 51.8 Å². The van der Waals surface area contributed by atoms with Crippen molar-refractivity contribution in [3.63, 3.8) is 0 Å². The van der Waals surface area contributed by atoms with E-state index in [2.05, 4.69) is 27.1 Å². The lowest BCUT2D eigenvalue weighted by molar-refractivity contribution is 0.125. The molecule has 2 aliphatic rings. The minimum atomic E-state index is -0.0953. The van der Waals surface area contributed by atoms with E-state index in [9.17, 15) is 5.11 Å². The van der Waals surface area contributed by atoms with Crippen LogP contribution in [-0.2, 0) is 20.1 Å². The fourth-order valence-electron chi connectivity index (χ4n) is 5.31. The van der Waals surface area contributed by atoms with Crippen molar-refractivity contribution in [2.75, 3.05) is 19.8 Å². The minimum Gasteiger partial charge on any atom is -0.476 e. The number of aromatic amines is 1. The fourth-order valence-corrected chi connectivity index (χ4v) is 5.31. The predicted octanol–water partition coefficient (Wildman–Crippen LogP) is 3.17. The quantitative estimate of drug-likeness (QED) is 0.414. The van der Waals surface area contributed by atoms with E-state index in [1.165, 1.54) is 0 Å². The molecule has 1 saturated carbocycles. The van der Waals surface area contributed by atoms with Crippen LogP contribution >= 0.6 is 0 Å². The first-order chi connectivity index (χ1) is 18.5. The average molecular weight is 519 g/mol. The van der Waals surface area contributed by atoms with E-state index < -0.39 is 0 Å². The zero-order valence-electron chi connectivity index (χ0n) is 22.3. The zero-order valence-corrected chi connectivity index (χ0v) is 22.3. The summed E-state index contributed by atoms with van der Waals surface area (Å²) < 4.78 is 16.2. The molecule has 38 heavy (non-hydrogen) atoms. The van der Waals surface area contributed by atoms with Crippen molar-refractivity contribution in [3.8, 4) is 23.0 Å². The van der Waals surface area contributed by atoms with Crippen molar-refractivity contribution in [3.05, 3.63) is 34.9 Å². The minimum absolute atomic E-state index is 0.00522. The number of fused-ring (bicyclic) bond motifs is 4. The van der Waals surface area contributed by atoms with Crippen LogP contribution in [0, 0.1) is 6.92 Å². The third-order valence-corrected chi connectivity index (χ3v) is 7.19. The molecule has 2 bridgehead atoms. The van der Waals surface area contributed by atoms with E-state index in [1.807, 2.05) is 43.8 Å². The first-order valence-corrected chi connectivity index (χ1v) is 13.3. The van der Waals surface area contributed by atoms with Crippen LogP contribution in [-0.4, -0.2) is 76.7 Å². The van der Waals surface area contributed by atoms with E-state index in [0.717, 1.165) is 64.2 Å². The molecule has 1 atom stereocenters. The van der Waals surface area contributed by atoms with E-state index in [0.29, 0.717) is 37.5 Å². The number of aliphatic hydroxyl groups is 1. The summed E-state index contributed by atoms with van der Waals surface area (Å²) in [4.78, 5) is 7.18. The van der Waals surface area contributed by atoms with Crippen LogP contribution in [0.1, 0.15) is 49.3 Å². The Balaban J connectivity index is 1.54. The molecule has 0 aromatic carbocycles. The number of H-pyrrole nitrogens is 1. The molecule has 0 amide bonds. The van der Waals surface area contributed by atoms with Gasteiger partial charge in [-0.3, -0.25) is 19.7 Å². The molecule has 11 nitrogen and oxygen atoms in total. The monoisotopic (exact) mass is 518 g/mol. The predicted molar refractivity (Wildman–Crippen MR) is 144 cm³/mol. The van der Waals surface area contributed by atoms with Crippen molar-refractivity contribution in [2.45, 2.75) is 58.8 Å². The number of nitrogens with zero attached hydrogens (tertiary/aromatic N) is 7. The molecule has 2 N–H and O–H groups in total. The highest BCUT2D eigenvalue weighted by Crippen LogP contribution is 2.36. The van der Waals surface area contributed by atoms with Gasteiger partial charge >= 0.3 is 0 Å². The lowest BCUT2D eigenvalue weighted by atomic mass is 10.1. The lowest BCUT2D eigenvalue weighted by Gasteiger charge is -2.27. The Morgan fingerprint density at radius 3 is 2.84 bits per heavy atom.